The van der Waals surface area contributed by atoms with E-state index in [-0.39, 0.29) is 21.1 Å². The Morgan fingerprint density at radius 1 is 0.200 bits per heavy atom. The molecule has 0 bridgehead atoms. The van der Waals surface area contributed by atoms with Crippen LogP contribution in [0.15, 0.2) is 0 Å². The number of nitrogens with zero attached hydrogens (tertiary/aromatic N) is 6. The first-order chi connectivity index (χ1) is 40.3. The van der Waals surface area contributed by atoms with Gasteiger partial charge in [0.2, 0.25) is 0 Å². The summed E-state index contributed by atoms with van der Waals surface area (Å²) in [5, 5.41) is 0. The molecule has 0 heterocycles. The fourth-order valence-corrected chi connectivity index (χ4v) is 8.14. The van der Waals surface area contributed by atoms with Gasteiger partial charge in [-0.05, 0) is 77.0 Å². The van der Waals surface area contributed by atoms with Crippen LogP contribution in [0, 0.1) is 0 Å². The number of hydrogen-bond acceptors (Lipinski definition) is 24. The van der Waals surface area contributed by atoms with Crippen molar-refractivity contribution >= 4 is 250 Å². The summed E-state index contributed by atoms with van der Waals surface area (Å²) < 4.78 is 50.8. The summed E-state index contributed by atoms with van der Waals surface area (Å²) in [5.41, 5.74) is 0. The molecule has 0 saturated heterocycles. The number of unbranched alkanes of at least 4 members (excludes halogenated alkanes) is 12. The Kier molecular flexibility index (Phi) is 156. The van der Waals surface area contributed by atoms with Crippen LogP contribution in [0.25, 0.3) is 0 Å². The molecule has 0 aromatic heterocycles. The van der Waals surface area contributed by atoms with E-state index in [0.717, 1.165) is 78.5 Å². The van der Waals surface area contributed by atoms with Crippen LogP contribution in [0.2, 0.25) is 0 Å². The van der Waals surface area contributed by atoms with Crippen molar-refractivity contribution in [2.45, 2.75) is 237 Å². The van der Waals surface area contributed by atoms with Crippen LogP contribution in [0.3, 0.4) is 0 Å². The van der Waals surface area contributed by atoms with Crippen molar-refractivity contribution in [2.75, 3.05) is 78.5 Å². The largest absolute Gasteiger partial charge is 6.00 e. The Labute approximate surface area is 634 Å². The molecule has 0 radical (unpaired) electrons. The van der Waals surface area contributed by atoms with Crippen molar-refractivity contribution in [3.05, 3.63) is 0 Å². The van der Waals surface area contributed by atoms with Gasteiger partial charge in [-0.3, -0.25) is 0 Å². The third kappa shape index (κ3) is 110. The summed E-state index contributed by atoms with van der Waals surface area (Å²) in [6, 6.07) is 0. The molecule has 0 atom stereocenters. The van der Waals surface area contributed by atoms with Crippen LogP contribution in [-0.2, 0) is 172 Å². The van der Waals surface area contributed by atoms with Crippen molar-refractivity contribution in [1.29, 1.82) is 0 Å². The molecule has 0 spiro atoms. The molecule has 504 valence electrons. The van der Waals surface area contributed by atoms with Gasteiger partial charge in [-0.2, -0.15) is 25.3 Å². The van der Waals surface area contributed by atoms with E-state index in [2.05, 4.69) is 188 Å². The van der Waals surface area contributed by atoms with Gasteiger partial charge in [-0.1, -0.05) is 186 Å². The van der Waals surface area contributed by atoms with Crippen LogP contribution in [0.1, 0.15) is 237 Å². The van der Waals surface area contributed by atoms with E-state index >= 15 is 0 Å². The second-order valence-corrected chi connectivity index (χ2v) is 24.0. The third-order valence-corrected chi connectivity index (χ3v) is 14.0. The summed E-state index contributed by atoms with van der Waals surface area (Å²) in [4.78, 5) is 12.8. The van der Waals surface area contributed by atoms with Gasteiger partial charge in [0.1, 0.15) is 0 Å². The molecule has 0 unspecified atom stereocenters. The zero-order valence-electron chi connectivity index (χ0n) is 53.3. The molecule has 0 aromatic rings. The molecular weight excluding hydrogens is 1500 g/mol. The third-order valence-electron chi connectivity index (χ3n) is 10.9. The normalized spacial score (nSPS) is 8.61. The van der Waals surface area contributed by atoms with E-state index in [0.29, 0.717) is 25.9 Å². The van der Waals surface area contributed by atoms with Gasteiger partial charge >= 0.3 is 21.1 Å². The maximum absolute atomic E-state index is 7.83. The van der Waals surface area contributed by atoms with Gasteiger partial charge in [0.15, 0.2) is 75.2 Å². The van der Waals surface area contributed by atoms with E-state index in [1.165, 1.54) is 154 Å². The fourth-order valence-electron chi connectivity index (χ4n) is 5.95. The molecule has 0 aliphatic rings. The van der Waals surface area contributed by atoms with Crippen LogP contribution in [0.4, 0.5) is 0 Å². The van der Waals surface area contributed by atoms with Gasteiger partial charge in [-0.15, -0.1) is 0 Å². The molecule has 85 heavy (non-hydrogen) atoms. The van der Waals surface area contributed by atoms with E-state index in [9.17, 15) is 0 Å². The first-order valence-electron chi connectivity index (χ1n) is 29.1. The van der Waals surface area contributed by atoms with Crippen molar-refractivity contribution in [3.8, 4) is 0 Å². The summed E-state index contributed by atoms with van der Waals surface area (Å²) >= 11 is 76.8. The van der Waals surface area contributed by atoms with E-state index in [4.69, 9.17) is 174 Å². The molecule has 0 rings (SSSR count). The Bertz CT molecular complexity index is 1070. The monoisotopic (exact) mass is 1610 g/mol. The second kappa shape index (κ2) is 113. The quantitative estimate of drug-likeness (QED) is 0.0336. The molecule has 0 aliphatic carbocycles. The van der Waals surface area contributed by atoms with Crippen molar-refractivity contribution < 1.29 is 46.3 Å². The maximum atomic E-state index is 7.83. The first kappa shape index (κ1) is 117. The minimum absolute atomic E-state index is 0. The van der Waals surface area contributed by atoms with Gasteiger partial charge in [-0.25, -0.2) is 0 Å². The van der Waals surface area contributed by atoms with Crippen LogP contribution in [0.5, 0.6) is 0 Å². The molecule has 0 aliphatic heterocycles. The molecule has 31 heteroatoms. The van der Waals surface area contributed by atoms with E-state index < -0.39 is 0 Å². The molecule has 12 nitrogen and oxygen atoms in total. The molecule has 0 aromatic carbocycles. The zero-order valence-corrected chi connectivity index (χ0v) is 70.0. The molecule has 0 saturated carbocycles. The van der Waals surface area contributed by atoms with Crippen LogP contribution < -0.4 is 0 Å². The topological polar surface area (TPSA) is 122 Å². The van der Waals surface area contributed by atoms with E-state index in [1.54, 1.807) is 0 Å². The summed E-state index contributed by atoms with van der Waals surface area (Å²) in [7, 11) is 0. The SMILES string of the molecule is CCCCN(CCCC)C(=S)[S-].CCCCN(CCCC)C(=S)[S-].CCCCN(CCCC)C(=S)[S-].CCCCN(CCCC)C(=S)[S-].CCCCN(CCCC)C(=S)[S-].CCCCN(CCCC)C(=S)[S-].O=S.O=S.O=S.O=S.O=S.O=S.[Mo+6]. The summed E-state index contributed by atoms with van der Waals surface area (Å²) in [6.07, 6.45) is 28.8. The Morgan fingerprint density at radius 2 is 0.259 bits per heavy atom. The fraction of sp³-hybridized carbons (Fsp3) is 0.889. The van der Waals surface area contributed by atoms with Crippen molar-refractivity contribution in [3.63, 3.8) is 0 Å². The summed E-state index contributed by atoms with van der Waals surface area (Å²) in [5.74, 6) is 0. The van der Waals surface area contributed by atoms with Gasteiger partial charge < -0.3 is 178 Å². The second-order valence-electron chi connectivity index (χ2n) is 17.8. The van der Waals surface area contributed by atoms with Crippen LogP contribution in [-0.4, -0.2) is 159 Å². The minimum Gasteiger partial charge on any atom is -0.411 e. The Morgan fingerprint density at radius 3 is 0.294 bits per heavy atom. The zero-order chi connectivity index (χ0) is 68.4. The van der Waals surface area contributed by atoms with Gasteiger partial charge in [0, 0.05) is 78.5 Å². The molecule has 0 fully saturated rings. The van der Waals surface area contributed by atoms with Crippen LogP contribution >= 0.6 is 73.3 Å². The Hall–Kier alpha value is 1.47. The summed E-state index contributed by atoms with van der Waals surface area (Å²) in [6.45, 7) is 38.7. The maximum Gasteiger partial charge on any atom is 6.00 e. The predicted molar refractivity (Wildman–Crippen MR) is 417 cm³/mol. The Balaban J connectivity index is -0.0000000639. The average Bonchev–Trinajstić information content (AvgIpc) is 3.50. The van der Waals surface area contributed by atoms with Gasteiger partial charge in [0.05, 0.1) is 0 Å². The molecular formula is C54H108MoN6O6S18. The van der Waals surface area contributed by atoms with Crippen molar-refractivity contribution in [1.82, 2.24) is 29.4 Å². The van der Waals surface area contributed by atoms with E-state index in [1.807, 2.05) is 0 Å². The van der Waals surface area contributed by atoms with Crippen molar-refractivity contribution in [2.24, 2.45) is 0 Å². The number of thiocarbonyl (C=S) groups is 6. The smallest absolute Gasteiger partial charge is 0.411 e. The predicted octanol–water partition coefficient (Wildman–Crippen LogP) is 14.3. The average molecular weight is 1610 g/mol. The van der Waals surface area contributed by atoms with Gasteiger partial charge in [0.25, 0.3) is 0 Å². The molecule has 0 N–H and O–H groups in total. The standard InChI is InChI=1S/6C9H19NS2.Mo.6OS/c6*1-3-5-7-10(9(11)12)8-6-4-2;;6*1-2/h6*3-8H2,1-2H3,(H,11,12);;;;;;;/q;;;;;;+6;;;;;;/p-6. The first-order valence-corrected chi connectivity index (χ1v) is 36.0. The number of hydrogen-bond donors (Lipinski definition) is 0. The minimum atomic E-state index is 0. The molecule has 0 amide bonds. The number of rotatable bonds is 36.